The van der Waals surface area contributed by atoms with Crippen LogP contribution in [0.4, 0.5) is 11.4 Å². The van der Waals surface area contributed by atoms with Crippen LogP contribution in [0.5, 0.6) is 5.75 Å². The fraction of sp³-hybridized carbons (Fsp3) is 0.160. The quantitative estimate of drug-likeness (QED) is 0.420. The molecule has 7 heteroatoms. The molecule has 0 bridgehead atoms. The number of hydrogen-bond acceptors (Lipinski definition) is 5. The molecule has 3 aromatic rings. The molecule has 0 heterocycles. The molecule has 2 N–H and O–H groups in total. The van der Waals surface area contributed by atoms with Gasteiger partial charge in [0.25, 0.3) is 11.8 Å². The normalized spacial score (nSPS) is 10.6. The van der Waals surface area contributed by atoms with E-state index in [0.29, 0.717) is 11.3 Å². The van der Waals surface area contributed by atoms with Crippen LogP contribution in [0.25, 0.3) is 0 Å². The van der Waals surface area contributed by atoms with E-state index in [2.05, 4.69) is 15.8 Å². The van der Waals surface area contributed by atoms with Crippen molar-refractivity contribution in [1.82, 2.24) is 5.43 Å². The van der Waals surface area contributed by atoms with E-state index in [1.54, 1.807) is 42.6 Å². The first-order valence-electron chi connectivity index (χ1n) is 10.1. The molecule has 3 aromatic carbocycles. The molecule has 0 aliphatic rings. The molecule has 2 amide bonds. The summed E-state index contributed by atoms with van der Waals surface area (Å²) < 4.78 is 5.54. The van der Waals surface area contributed by atoms with Gasteiger partial charge in [0.2, 0.25) is 0 Å². The van der Waals surface area contributed by atoms with Crippen molar-refractivity contribution in [2.45, 2.75) is 6.92 Å². The summed E-state index contributed by atoms with van der Waals surface area (Å²) in [5.74, 6) is 0.0437. The fourth-order valence-corrected chi connectivity index (χ4v) is 2.85. The summed E-state index contributed by atoms with van der Waals surface area (Å²) >= 11 is 0. The lowest BCUT2D eigenvalue weighted by molar-refractivity contribution is -0.118. The SMILES string of the molecule is Cc1ccccc1NC(=O)COc1ccc(/C=N\NC(=O)c2cccc(N(C)C)c2)cc1. The maximum absolute atomic E-state index is 12.3. The number of aryl methyl sites for hydroxylation is 1. The average molecular weight is 431 g/mol. The number of nitrogens with zero attached hydrogens (tertiary/aromatic N) is 2. The maximum atomic E-state index is 12.3. The number of hydrazone groups is 1. The molecule has 0 aliphatic carbocycles. The summed E-state index contributed by atoms with van der Waals surface area (Å²) in [6.45, 7) is 1.84. The third-order valence-electron chi connectivity index (χ3n) is 4.67. The van der Waals surface area contributed by atoms with Crippen LogP contribution in [-0.4, -0.2) is 38.7 Å². The highest BCUT2D eigenvalue weighted by Crippen LogP contribution is 2.15. The second-order valence-electron chi connectivity index (χ2n) is 7.36. The van der Waals surface area contributed by atoms with Crippen LogP contribution in [0.15, 0.2) is 77.9 Å². The molecular weight excluding hydrogens is 404 g/mol. The molecule has 0 aromatic heterocycles. The van der Waals surface area contributed by atoms with Gasteiger partial charge in [-0.15, -0.1) is 0 Å². The second kappa shape index (κ2) is 10.8. The Balaban J connectivity index is 1.48. The van der Waals surface area contributed by atoms with Crippen molar-refractivity contribution in [3.8, 4) is 5.75 Å². The summed E-state index contributed by atoms with van der Waals surface area (Å²) in [6, 6.07) is 21.9. The van der Waals surface area contributed by atoms with Gasteiger partial charge in [-0.2, -0.15) is 5.10 Å². The topological polar surface area (TPSA) is 83.0 Å². The number of nitrogens with one attached hydrogen (secondary N) is 2. The largest absolute Gasteiger partial charge is 0.484 e. The van der Waals surface area contributed by atoms with Gasteiger partial charge < -0.3 is 15.0 Å². The minimum absolute atomic E-state index is 0.0934. The van der Waals surface area contributed by atoms with Crippen molar-refractivity contribution in [3.05, 3.63) is 89.5 Å². The standard InChI is InChI=1S/C25H26N4O3/c1-18-7-4-5-10-23(18)27-24(30)17-32-22-13-11-19(12-14-22)16-26-28-25(31)20-8-6-9-21(15-20)29(2)3/h4-16H,17H2,1-3H3,(H,27,30)(H,28,31)/b26-16-. The van der Waals surface area contributed by atoms with Crippen molar-refractivity contribution in [3.63, 3.8) is 0 Å². The molecule has 7 nitrogen and oxygen atoms in total. The van der Waals surface area contributed by atoms with Gasteiger partial charge in [0.1, 0.15) is 5.75 Å². The Morgan fingerprint density at radius 1 is 1.00 bits per heavy atom. The van der Waals surface area contributed by atoms with E-state index in [1.807, 2.05) is 62.3 Å². The molecular formula is C25H26N4O3. The number of rotatable bonds is 8. The Bertz CT molecular complexity index is 1110. The first-order valence-corrected chi connectivity index (χ1v) is 10.1. The van der Waals surface area contributed by atoms with E-state index in [1.165, 1.54) is 0 Å². The molecule has 0 aliphatic heterocycles. The van der Waals surface area contributed by atoms with E-state index >= 15 is 0 Å². The molecule has 3 rings (SSSR count). The van der Waals surface area contributed by atoms with Crippen LogP contribution in [0.3, 0.4) is 0 Å². The predicted octanol–water partition coefficient (Wildman–Crippen LogP) is 3.84. The number of benzene rings is 3. The van der Waals surface area contributed by atoms with Gasteiger partial charge in [0.15, 0.2) is 6.61 Å². The van der Waals surface area contributed by atoms with Crippen molar-refractivity contribution >= 4 is 29.4 Å². The third-order valence-corrected chi connectivity index (χ3v) is 4.67. The highest BCUT2D eigenvalue weighted by Gasteiger charge is 2.07. The van der Waals surface area contributed by atoms with E-state index in [0.717, 1.165) is 22.5 Å². The van der Waals surface area contributed by atoms with E-state index in [4.69, 9.17) is 4.74 Å². The molecule has 0 radical (unpaired) electrons. The number of carbonyl (C=O) groups excluding carboxylic acids is 2. The molecule has 0 spiro atoms. The summed E-state index contributed by atoms with van der Waals surface area (Å²) in [7, 11) is 3.83. The average Bonchev–Trinajstić information content (AvgIpc) is 2.80. The lowest BCUT2D eigenvalue weighted by Crippen LogP contribution is -2.20. The number of ether oxygens (including phenoxy) is 1. The van der Waals surface area contributed by atoms with Gasteiger partial charge in [-0.3, -0.25) is 9.59 Å². The van der Waals surface area contributed by atoms with Gasteiger partial charge in [-0.05, 0) is 66.6 Å². The van der Waals surface area contributed by atoms with Gasteiger partial charge >= 0.3 is 0 Å². The zero-order valence-electron chi connectivity index (χ0n) is 18.3. The molecule has 0 saturated heterocycles. The summed E-state index contributed by atoms with van der Waals surface area (Å²) in [4.78, 5) is 26.3. The Hall–Kier alpha value is -4.13. The van der Waals surface area contributed by atoms with Gasteiger partial charge in [0, 0.05) is 31.0 Å². The van der Waals surface area contributed by atoms with E-state index in [9.17, 15) is 9.59 Å². The number of carbonyl (C=O) groups is 2. The fourth-order valence-electron chi connectivity index (χ4n) is 2.85. The monoisotopic (exact) mass is 430 g/mol. The van der Waals surface area contributed by atoms with Crippen LogP contribution in [0.2, 0.25) is 0 Å². The second-order valence-corrected chi connectivity index (χ2v) is 7.36. The molecule has 164 valence electrons. The minimum Gasteiger partial charge on any atom is -0.484 e. The molecule has 0 fully saturated rings. The van der Waals surface area contributed by atoms with Crippen LogP contribution in [-0.2, 0) is 4.79 Å². The van der Waals surface area contributed by atoms with Crippen molar-refractivity contribution < 1.29 is 14.3 Å². The van der Waals surface area contributed by atoms with Gasteiger partial charge in [0.05, 0.1) is 6.21 Å². The Kier molecular flexibility index (Phi) is 7.59. The maximum Gasteiger partial charge on any atom is 0.271 e. The van der Waals surface area contributed by atoms with E-state index in [-0.39, 0.29) is 18.4 Å². The number of para-hydroxylation sites is 1. The van der Waals surface area contributed by atoms with E-state index < -0.39 is 0 Å². The van der Waals surface area contributed by atoms with Crippen molar-refractivity contribution in [1.29, 1.82) is 0 Å². The summed E-state index contributed by atoms with van der Waals surface area (Å²) in [6.07, 6.45) is 1.54. The van der Waals surface area contributed by atoms with Gasteiger partial charge in [-0.1, -0.05) is 24.3 Å². The molecule has 0 unspecified atom stereocenters. The molecule has 0 atom stereocenters. The first-order chi connectivity index (χ1) is 15.4. The van der Waals surface area contributed by atoms with Crippen LogP contribution < -0.4 is 20.4 Å². The zero-order valence-corrected chi connectivity index (χ0v) is 18.3. The van der Waals surface area contributed by atoms with Crippen molar-refractivity contribution in [2.24, 2.45) is 5.10 Å². The predicted molar refractivity (Wildman–Crippen MR) is 128 cm³/mol. The lowest BCUT2D eigenvalue weighted by Gasteiger charge is -2.12. The summed E-state index contributed by atoms with van der Waals surface area (Å²) in [5, 5.41) is 6.83. The van der Waals surface area contributed by atoms with Crippen LogP contribution in [0.1, 0.15) is 21.5 Å². The lowest BCUT2D eigenvalue weighted by atomic mass is 10.2. The number of hydrogen-bond donors (Lipinski definition) is 2. The van der Waals surface area contributed by atoms with Crippen LogP contribution in [0, 0.1) is 6.92 Å². The Morgan fingerprint density at radius 3 is 2.47 bits per heavy atom. The first kappa shape index (κ1) is 22.6. The molecule has 0 saturated carbocycles. The minimum atomic E-state index is -0.287. The zero-order chi connectivity index (χ0) is 22.9. The third kappa shape index (κ3) is 6.43. The Morgan fingerprint density at radius 2 is 1.75 bits per heavy atom. The Labute approximate surface area is 187 Å². The molecule has 32 heavy (non-hydrogen) atoms. The number of amides is 2. The highest BCUT2D eigenvalue weighted by atomic mass is 16.5. The number of anilines is 2. The highest BCUT2D eigenvalue weighted by molar-refractivity contribution is 5.95. The summed E-state index contributed by atoms with van der Waals surface area (Å²) in [5.41, 5.74) is 6.52. The van der Waals surface area contributed by atoms with Crippen molar-refractivity contribution in [2.75, 3.05) is 30.9 Å². The smallest absolute Gasteiger partial charge is 0.271 e. The van der Waals surface area contributed by atoms with Crippen LogP contribution >= 0.6 is 0 Å². The van der Waals surface area contributed by atoms with Gasteiger partial charge in [-0.25, -0.2) is 5.43 Å².